The van der Waals surface area contributed by atoms with Gasteiger partial charge in [0.05, 0.1) is 10.6 Å². The van der Waals surface area contributed by atoms with Crippen LogP contribution in [0.15, 0.2) is 83.8 Å². The molecule has 0 saturated heterocycles. The molecule has 8 heteroatoms. The molecule has 0 bridgehead atoms. The summed E-state index contributed by atoms with van der Waals surface area (Å²) in [6.07, 6.45) is 1.30. The van der Waals surface area contributed by atoms with Crippen LogP contribution in [0, 0.1) is 13.8 Å². The molecule has 3 rings (SSSR count). The molecule has 3 aromatic rings. The van der Waals surface area contributed by atoms with Gasteiger partial charge in [-0.05, 0) is 68.5 Å². The largest absolute Gasteiger partial charge is 0.354 e. The summed E-state index contributed by atoms with van der Waals surface area (Å²) in [7, 11) is -4.06. The Balaban J connectivity index is 1.99. The maximum absolute atomic E-state index is 13.9. The van der Waals surface area contributed by atoms with Gasteiger partial charge in [-0.2, -0.15) is 0 Å². The van der Waals surface area contributed by atoms with E-state index in [1.807, 2.05) is 57.2 Å². The summed E-state index contributed by atoms with van der Waals surface area (Å²) < 4.78 is 28.9. The van der Waals surface area contributed by atoms with Gasteiger partial charge < -0.3 is 10.2 Å². The number of nitrogens with one attached hydrogen (secondary N) is 1. The molecule has 1 atom stereocenters. The quantitative estimate of drug-likeness (QED) is 0.370. The number of benzene rings is 3. The van der Waals surface area contributed by atoms with Crippen molar-refractivity contribution in [3.05, 3.63) is 95.6 Å². The molecule has 0 saturated carbocycles. The third kappa shape index (κ3) is 7.01. The molecule has 2 amide bonds. The molecule has 0 aliphatic carbocycles. The third-order valence-corrected chi connectivity index (χ3v) is 8.43. The number of carbonyl (C=O) groups is 2. The average Bonchev–Trinajstić information content (AvgIpc) is 2.93. The Morgan fingerprint density at radius 3 is 2.16 bits per heavy atom. The topological polar surface area (TPSA) is 86.8 Å². The van der Waals surface area contributed by atoms with E-state index in [0.29, 0.717) is 18.7 Å². The SMILES string of the molecule is CCCNC(=O)[C@@H](C)N(CCc1ccccc1)C(=O)CN(c1cccc(C)c1C)S(=O)(=O)c1ccccc1. The van der Waals surface area contributed by atoms with Gasteiger partial charge in [0.2, 0.25) is 11.8 Å². The lowest BCUT2D eigenvalue weighted by molar-refractivity contribution is -0.138. The minimum Gasteiger partial charge on any atom is -0.354 e. The predicted molar refractivity (Wildman–Crippen MR) is 152 cm³/mol. The van der Waals surface area contributed by atoms with E-state index in [-0.39, 0.29) is 17.3 Å². The summed E-state index contributed by atoms with van der Waals surface area (Å²) in [6.45, 7) is 7.73. The Morgan fingerprint density at radius 1 is 0.895 bits per heavy atom. The summed E-state index contributed by atoms with van der Waals surface area (Å²) in [5, 5.41) is 2.86. The van der Waals surface area contributed by atoms with Crippen LogP contribution < -0.4 is 9.62 Å². The van der Waals surface area contributed by atoms with Crippen LogP contribution in [0.4, 0.5) is 5.69 Å². The van der Waals surface area contributed by atoms with Gasteiger partial charge in [0.25, 0.3) is 10.0 Å². The molecular weight excluding hydrogens is 498 g/mol. The Hall–Kier alpha value is -3.65. The van der Waals surface area contributed by atoms with E-state index >= 15 is 0 Å². The second-order valence-corrected chi connectivity index (χ2v) is 11.2. The fourth-order valence-electron chi connectivity index (χ4n) is 4.20. The molecule has 202 valence electrons. The Morgan fingerprint density at radius 2 is 1.53 bits per heavy atom. The molecule has 0 aliphatic heterocycles. The van der Waals surface area contributed by atoms with Crippen molar-refractivity contribution in [3.63, 3.8) is 0 Å². The summed E-state index contributed by atoms with van der Waals surface area (Å²) in [5.41, 5.74) is 3.14. The van der Waals surface area contributed by atoms with E-state index in [4.69, 9.17) is 0 Å². The molecule has 0 radical (unpaired) electrons. The van der Waals surface area contributed by atoms with E-state index in [2.05, 4.69) is 5.32 Å². The molecule has 0 aliphatic rings. The van der Waals surface area contributed by atoms with Crippen LogP contribution in [0.1, 0.15) is 37.0 Å². The molecule has 1 N–H and O–H groups in total. The minimum absolute atomic E-state index is 0.0956. The summed E-state index contributed by atoms with van der Waals surface area (Å²) in [4.78, 5) is 28.4. The fraction of sp³-hybridized carbons (Fsp3) is 0.333. The van der Waals surface area contributed by atoms with Crippen molar-refractivity contribution in [1.29, 1.82) is 0 Å². The van der Waals surface area contributed by atoms with Crippen LogP contribution in [-0.2, 0) is 26.0 Å². The molecular formula is C30H37N3O4S. The number of rotatable bonds is 12. The highest BCUT2D eigenvalue weighted by atomic mass is 32.2. The lowest BCUT2D eigenvalue weighted by atomic mass is 10.1. The van der Waals surface area contributed by atoms with Crippen LogP contribution in [0.25, 0.3) is 0 Å². The van der Waals surface area contributed by atoms with E-state index in [9.17, 15) is 18.0 Å². The van der Waals surface area contributed by atoms with Crippen LogP contribution >= 0.6 is 0 Å². The summed E-state index contributed by atoms with van der Waals surface area (Å²) in [6, 6.07) is 22.4. The van der Waals surface area contributed by atoms with E-state index in [1.54, 1.807) is 37.3 Å². The molecule has 0 fully saturated rings. The first-order valence-corrected chi connectivity index (χ1v) is 14.4. The molecule has 0 unspecified atom stereocenters. The summed E-state index contributed by atoms with van der Waals surface area (Å²) >= 11 is 0. The smallest absolute Gasteiger partial charge is 0.264 e. The number of sulfonamides is 1. The number of aryl methyl sites for hydroxylation is 1. The van der Waals surface area contributed by atoms with Gasteiger partial charge in [-0.15, -0.1) is 0 Å². The number of carbonyl (C=O) groups excluding carboxylic acids is 2. The van der Waals surface area contributed by atoms with Gasteiger partial charge in [0.1, 0.15) is 12.6 Å². The van der Waals surface area contributed by atoms with Crippen LogP contribution in [0.2, 0.25) is 0 Å². The maximum Gasteiger partial charge on any atom is 0.264 e. The fourth-order valence-corrected chi connectivity index (χ4v) is 5.70. The first-order valence-electron chi connectivity index (χ1n) is 12.9. The van der Waals surface area contributed by atoms with Gasteiger partial charge in [-0.3, -0.25) is 13.9 Å². The van der Waals surface area contributed by atoms with Gasteiger partial charge in [-0.25, -0.2) is 8.42 Å². The molecule has 7 nitrogen and oxygen atoms in total. The van der Waals surface area contributed by atoms with Crippen molar-refractivity contribution in [2.75, 3.05) is 23.9 Å². The minimum atomic E-state index is -4.06. The van der Waals surface area contributed by atoms with E-state index in [1.165, 1.54) is 21.3 Å². The van der Waals surface area contributed by atoms with Gasteiger partial charge in [-0.1, -0.05) is 67.6 Å². The van der Waals surface area contributed by atoms with E-state index < -0.39 is 28.5 Å². The zero-order valence-corrected chi connectivity index (χ0v) is 23.4. The maximum atomic E-state index is 13.9. The highest BCUT2D eigenvalue weighted by Gasteiger charge is 2.32. The number of anilines is 1. The Kier molecular flexibility index (Phi) is 10.1. The number of hydrogen-bond donors (Lipinski definition) is 1. The lowest BCUT2D eigenvalue weighted by Gasteiger charge is -2.32. The van der Waals surface area contributed by atoms with Crippen molar-refractivity contribution in [1.82, 2.24) is 10.2 Å². The third-order valence-electron chi connectivity index (χ3n) is 6.66. The molecule has 3 aromatic carbocycles. The molecule has 38 heavy (non-hydrogen) atoms. The Bertz CT molecular complexity index is 1330. The van der Waals surface area contributed by atoms with Crippen LogP contribution in [0.3, 0.4) is 0 Å². The van der Waals surface area contributed by atoms with Crippen molar-refractivity contribution in [3.8, 4) is 0 Å². The zero-order valence-electron chi connectivity index (χ0n) is 22.6. The molecule has 0 aromatic heterocycles. The highest BCUT2D eigenvalue weighted by Crippen LogP contribution is 2.29. The first kappa shape index (κ1) is 28.9. The highest BCUT2D eigenvalue weighted by molar-refractivity contribution is 7.92. The normalized spacial score (nSPS) is 12.0. The predicted octanol–water partition coefficient (Wildman–Crippen LogP) is 4.48. The summed E-state index contributed by atoms with van der Waals surface area (Å²) in [5.74, 6) is -0.710. The Labute approximate surface area is 226 Å². The van der Waals surface area contributed by atoms with Crippen molar-refractivity contribution in [2.24, 2.45) is 0 Å². The molecule has 0 heterocycles. The number of hydrogen-bond acceptors (Lipinski definition) is 4. The van der Waals surface area contributed by atoms with Crippen molar-refractivity contribution in [2.45, 2.75) is 51.5 Å². The standard InChI is InChI=1S/C30H37N3O4S/c1-5-20-31-30(35)25(4)32(21-19-26-14-8-6-9-15-26)29(34)22-33(28-18-12-13-23(2)24(28)3)38(36,37)27-16-10-7-11-17-27/h6-18,25H,5,19-22H2,1-4H3,(H,31,35)/t25-/m1/s1. The van der Waals surface area contributed by atoms with Crippen LogP contribution in [-0.4, -0.2) is 50.8 Å². The second-order valence-electron chi connectivity index (χ2n) is 9.33. The zero-order chi connectivity index (χ0) is 27.7. The molecule has 0 spiro atoms. The van der Waals surface area contributed by atoms with E-state index in [0.717, 1.165) is 23.1 Å². The van der Waals surface area contributed by atoms with Gasteiger partial charge >= 0.3 is 0 Å². The average molecular weight is 536 g/mol. The van der Waals surface area contributed by atoms with Crippen LogP contribution in [0.5, 0.6) is 0 Å². The van der Waals surface area contributed by atoms with Crippen molar-refractivity contribution >= 4 is 27.5 Å². The van der Waals surface area contributed by atoms with Crippen molar-refractivity contribution < 1.29 is 18.0 Å². The first-order chi connectivity index (χ1) is 18.2. The number of nitrogens with zero attached hydrogens (tertiary/aromatic N) is 2. The van der Waals surface area contributed by atoms with Gasteiger partial charge in [0.15, 0.2) is 0 Å². The second kappa shape index (κ2) is 13.2. The number of amides is 2. The lowest BCUT2D eigenvalue weighted by Crippen LogP contribution is -2.52. The monoisotopic (exact) mass is 535 g/mol. The van der Waals surface area contributed by atoms with Gasteiger partial charge in [0, 0.05) is 13.1 Å².